The van der Waals surface area contributed by atoms with E-state index in [4.69, 9.17) is 11.5 Å². The molecule has 1 aromatic rings. The summed E-state index contributed by atoms with van der Waals surface area (Å²) in [6.07, 6.45) is 6.54. The van der Waals surface area contributed by atoms with E-state index in [1.165, 1.54) is 0 Å². The number of carbonyl (C=O) groups is 2. The average Bonchev–Trinajstić information content (AvgIpc) is 2.31. The quantitative estimate of drug-likeness (QED) is 0.692. The molecule has 6 heteroatoms. The molecule has 0 fully saturated rings. The number of amides is 2. The maximum absolute atomic E-state index is 11.6. The Balaban J connectivity index is 2.64. The van der Waals surface area contributed by atoms with Gasteiger partial charge in [0.2, 0.25) is 0 Å². The molecule has 0 saturated carbocycles. The number of terminal acetylenes is 1. The van der Waals surface area contributed by atoms with Crippen molar-refractivity contribution in [3.8, 4) is 12.3 Å². The molecular weight excluding hydrogens is 234 g/mol. The van der Waals surface area contributed by atoms with Crippen LogP contribution in [-0.2, 0) is 4.79 Å². The van der Waals surface area contributed by atoms with E-state index in [1.807, 2.05) is 0 Å². The van der Waals surface area contributed by atoms with E-state index in [2.05, 4.69) is 21.5 Å². The van der Waals surface area contributed by atoms with Crippen LogP contribution in [0.25, 0.3) is 0 Å². The van der Waals surface area contributed by atoms with E-state index in [0.717, 1.165) is 0 Å². The van der Waals surface area contributed by atoms with Crippen molar-refractivity contribution >= 4 is 17.7 Å². The first-order chi connectivity index (χ1) is 8.54. The topological polar surface area (TPSA) is 91.3 Å². The number of nitrogens with one attached hydrogen (secondary N) is 2. The van der Waals surface area contributed by atoms with Gasteiger partial charge in [0.1, 0.15) is 6.04 Å². The Hall–Kier alpha value is -2.55. The molecule has 0 bridgehead atoms. The molecular formula is C12H13N3O3. The van der Waals surface area contributed by atoms with Crippen LogP contribution in [0.5, 0.6) is 0 Å². The highest BCUT2D eigenvalue weighted by atomic mass is 16.4. The van der Waals surface area contributed by atoms with Crippen LogP contribution < -0.4 is 10.6 Å². The minimum Gasteiger partial charge on any atom is -0.480 e. The first-order valence-electron chi connectivity index (χ1n) is 5.20. The number of carboxylic acid groups (broad SMARTS) is 1. The number of urea groups is 1. The fourth-order valence-electron chi connectivity index (χ4n) is 1.25. The first kappa shape index (κ1) is 13.5. The smallest absolute Gasteiger partial charge is 0.327 e. The molecule has 6 nitrogen and oxygen atoms in total. The summed E-state index contributed by atoms with van der Waals surface area (Å²) in [6, 6.07) is 1.60. The zero-order chi connectivity index (χ0) is 13.5. The molecule has 1 atom stereocenters. The number of hydrogen-bond acceptors (Lipinski definition) is 3. The highest BCUT2D eigenvalue weighted by molar-refractivity contribution is 5.92. The van der Waals surface area contributed by atoms with Crippen molar-refractivity contribution in [3.05, 3.63) is 24.0 Å². The largest absolute Gasteiger partial charge is 0.480 e. The Morgan fingerprint density at radius 3 is 2.89 bits per heavy atom. The van der Waals surface area contributed by atoms with Crippen molar-refractivity contribution in [2.24, 2.45) is 0 Å². The summed E-state index contributed by atoms with van der Waals surface area (Å²) in [7, 11) is 0. The number of carbonyl (C=O) groups excluding carboxylic acids is 1. The zero-order valence-corrected chi connectivity index (χ0v) is 9.80. The Morgan fingerprint density at radius 1 is 1.61 bits per heavy atom. The third-order valence-electron chi connectivity index (χ3n) is 2.18. The van der Waals surface area contributed by atoms with Crippen LogP contribution in [0.4, 0.5) is 10.5 Å². The molecule has 1 rings (SSSR count). The van der Waals surface area contributed by atoms with E-state index < -0.39 is 18.0 Å². The molecule has 1 heterocycles. The molecule has 0 aliphatic heterocycles. The zero-order valence-electron chi connectivity index (χ0n) is 9.80. The number of anilines is 1. The Morgan fingerprint density at radius 2 is 2.33 bits per heavy atom. The second kappa shape index (κ2) is 6.25. The number of aryl methyl sites for hydroxylation is 1. The summed E-state index contributed by atoms with van der Waals surface area (Å²) in [5.74, 6) is 1.02. The lowest BCUT2D eigenvalue weighted by atomic mass is 10.2. The van der Waals surface area contributed by atoms with Gasteiger partial charge in [-0.25, -0.2) is 9.59 Å². The molecule has 1 unspecified atom stereocenters. The molecule has 0 spiro atoms. The van der Waals surface area contributed by atoms with Gasteiger partial charge in [-0.1, -0.05) is 0 Å². The van der Waals surface area contributed by atoms with Gasteiger partial charge in [0, 0.05) is 12.6 Å². The molecule has 0 aliphatic rings. The highest BCUT2D eigenvalue weighted by Gasteiger charge is 2.18. The van der Waals surface area contributed by atoms with Crippen LogP contribution in [0.15, 0.2) is 18.3 Å². The number of aliphatic carboxylic acids is 1. The van der Waals surface area contributed by atoms with Gasteiger partial charge >= 0.3 is 12.0 Å². The second-order valence-electron chi connectivity index (χ2n) is 3.53. The lowest BCUT2D eigenvalue weighted by Crippen LogP contribution is -2.42. The van der Waals surface area contributed by atoms with Crippen LogP contribution >= 0.6 is 0 Å². The van der Waals surface area contributed by atoms with E-state index in [9.17, 15) is 9.59 Å². The van der Waals surface area contributed by atoms with Crippen molar-refractivity contribution in [1.82, 2.24) is 10.3 Å². The second-order valence-corrected chi connectivity index (χ2v) is 3.53. The fraction of sp³-hybridized carbons (Fsp3) is 0.250. The summed E-state index contributed by atoms with van der Waals surface area (Å²) < 4.78 is 0. The predicted octanol–water partition coefficient (Wildman–Crippen LogP) is 0.988. The Labute approximate surface area is 104 Å². The molecule has 0 aliphatic carbocycles. The van der Waals surface area contributed by atoms with Crippen molar-refractivity contribution in [2.75, 3.05) is 5.32 Å². The lowest BCUT2D eigenvalue weighted by molar-refractivity contribution is -0.139. The van der Waals surface area contributed by atoms with Crippen molar-refractivity contribution in [2.45, 2.75) is 19.4 Å². The number of nitrogens with zero attached hydrogens (tertiary/aromatic N) is 1. The number of hydrogen-bond donors (Lipinski definition) is 3. The van der Waals surface area contributed by atoms with Crippen LogP contribution in [-0.4, -0.2) is 28.1 Å². The lowest BCUT2D eigenvalue weighted by Gasteiger charge is -2.13. The van der Waals surface area contributed by atoms with Gasteiger partial charge in [0.15, 0.2) is 0 Å². The summed E-state index contributed by atoms with van der Waals surface area (Å²) in [5, 5.41) is 13.6. The van der Waals surface area contributed by atoms with Crippen molar-refractivity contribution in [3.63, 3.8) is 0 Å². The summed E-state index contributed by atoms with van der Waals surface area (Å²) >= 11 is 0. The molecule has 94 valence electrons. The van der Waals surface area contributed by atoms with Gasteiger partial charge < -0.3 is 15.7 Å². The van der Waals surface area contributed by atoms with Gasteiger partial charge in [-0.3, -0.25) is 4.98 Å². The Kier molecular flexibility index (Phi) is 4.69. The van der Waals surface area contributed by atoms with Crippen molar-refractivity contribution in [1.29, 1.82) is 0 Å². The minimum absolute atomic E-state index is 0.0746. The van der Waals surface area contributed by atoms with E-state index >= 15 is 0 Å². The maximum Gasteiger partial charge on any atom is 0.327 e. The number of carboxylic acids is 1. The van der Waals surface area contributed by atoms with Gasteiger partial charge in [0.05, 0.1) is 11.4 Å². The molecule has 0 saturated heterocycles. The van der Waals surface area contributed by atoms with Gasteiger partial charge in [-0.05, 0) is 19.1 Å². The minimum atomic E-state index is -1.17. The molecule has 0 aromatic carbocycles. The predicted molar refractivity (Wildman–Crippen MR) is 66.0 cm³/mol. The van der Waals surface area contributed by atoms with Crippen LogP contribution in [0.3, 0.4) is 0 Å². The average molecular weight is 247 g/mol. The van der Waals surface area contributed by atoms with Gasteiger partial charge in [-0.15, -0.1) is 12.3 Å². The third kappa shape index (κ3) is 3.79. The first-order valence-corrected chi connectivity index (χ1v) is 5.20. The molecule has 0 radical (unpaired) electrons. The maximum atomic E-state index is 11.6. The highest BCUT2D eigenvalue weighted by Crippen LogP contribution is 2.09. The third-order valence-corrected chi connectivity index (χ3v) is 2.18. The summed E-state index contributed by atoms with van der Waals surface area (Å²) in [5.41, 5.74) is 1.15. The monoisotopic (exact) mass is 247 g/mol. The van der Waals surface area contributed by atoms with E-state index in [1.54, 1.807) is 25.3 Å². The molecule has 1 aromatic heterocycles. The van der Waals surface area contributed by atoms with Gasteiger partial charge in [-0.2, -0.15) is 0 Å². The molecule has 2 amide bonds. The van der Waals surface area contributed by atoms with Crippen LogP contribution in [0.1, 0.15) is 12.1 Å². The SMILES string of the molecule is C#CCC(NC(=O)Nc1cccnc1C)C(=O)O. The summed E-state index contributed by atoms with van der Waals surface area (Å²) in [6.45, 7) is 1.73. The van der Waals surface area contributed by atoms with Crippen LogP contribution in [0, 0.1) is 19.3 Å². The van der Waals surface area contributed by atoms with E-state index in [-0.39, 0.29) is 6.42 Å². The number of aromatic nitrogens is 1. The summed E-state index contributed by atoms with van der Waals surface area (Å²) in [4.78, 5) is 26.4. The molecule has 18 heavy (non-hydrogen) atoms. The number of pyridine rings is 1. The number of rotatable bonds is 4. The Bertz CT molecular complexity index is 494. The fourth-order valence-corrected chi connectivity index (χ4v) is 1.25. The normalized spacial score (nSPS) is 11.1. The van der Waals surface area contributed by atoms with Crippen molar-refractivity contribution < 1.29 is 14.7 Å². The van der Waals surface area contributed by atoms with Crippen LogP contribution in [0.2, 0.25) is 0 Å². The van der Waals surface area contributed by atoms with Gasteiger partial charge in [0.25, 0.3) is 0 Å². The standard InChI is InChI=1S/C12H13N3O3/c1-3-5-10(11(16)17)15-12(18)14-9-6-4-7-13-8(9)2/h1,4,6-7,10H,5H2,2H3,(H,16,17)(H2,14,15,18). The molecule has 3 N–H and O–H groups in total. The van der Waals surface area contributed by atoms with E-state index in [0.29, 0.717) is 11.4 Å².